The zero-order valence-corrected chi connectivity index (χ0v) is 18.8. The average Bonchev–Trinajstić information content (AvgIpc) is 2.65. The smallest absolute Gasteiger partial charge is 0.193 e. The number of para-hydroxylation sites is 1. The molecule has 0 atom stereocenters. The predicted molar refractivity (Wildman–Crippen MR) is 121 cm³/mol. The van der Waals surface area contributed by atoms with Crippen LogP contribution >= 0.6 is 24.0 Å². The van der Waals surface area contributed by atoms with Crippen molar-refractivity contribution in [1.29, 1.82) is 0 Å². The number of likely N-dealkylation sites (tertiary alicyclic amines) is 1. The lowest BCUT2D eigenvalue weighted by molar-refractivity contribution is 0.184. The topological polar surface area (TPSA) is 40.1 Å². The van der Waals surface area contributed by atoms with Crippen molar-refractivity contribution in [3.63, 3.8) is 0 Å². The average molecular weight is 474 g/mol. The van der Waals surface area contributed by atoms with Gasteiger partial charge in [-0.1, -0.05) is 25.1 Å². The summed E-state index contributed by atoms with van der Waals surface area (Å²) >= 11 is 0. The Morgan fingerprint density at radius 3 is 2.58 bits per heavy atom. The molecule has 5 nitrogen and oxygen atoms in total. The number of likely N-dealkylation sites (N-methyl/N-ethyl adjacent to an activating group) is 1. The Morgan fingerprint density at radius 1 is 1.27 bits per heavy atom. The number of rotatable bonds is 8. The molecule has 1 aliphatic rings. The minimum absolute atomic E-state index is 0. The van der Waals surface area contributed by atoms with Crippen LogP contribution in [0.5, 0.6) is 5.75 Å². The zero-order valence-electron chi connectivity index (χ0n) is 16.5. The summed E-state index contributed by atoms with van der Waals surface area (Å²) in [4.78, 5) is 9.12. The van der Waals surface area contributed by atoms with E-state index in [2.05, 4.69) is 34.1 Å². The highest BCUT2D eigenvalue weighted by atomic mass is 127. The maximum absolute atomic E-state index is 5.77. The molecule has 0 unspecified atom stereocenters. The molecule has 1 aromatic carbocycles. The van der Waals surface area contributed by atoms with E-state index in [0.717, 1.165) is 30.7 Å². The maximum atomic E-state index is 5.77. The Labute approximate surface area is 176 Å². The van der Waals surface area contributed by atoms with Gasteiger partial charge in [0.1, 0.15) is 12.4 Å². The van der Waals surface area contributed by atoms with Gasteiger partial charge in [-0.2, -0.15) is 0 Å². The molecule has 2 rings (SSSR count). The molecule has 0 aliphatic carbocycles. The van der Waals surface area contributed by atoms with Crippen LogP contribution in [-0.4, -0.2) is 69.2 Å². The largest absolute Gasteiger partial charge is 0.492 e. The van der Waals surface area contributed by atoms with E-state index in [1.165, 1.54) is 38.9 Å². The maximum Gasteiger partial charge on any atom is 0.193 e. The predicted octanol–water partition coefficient (Wildman–Crippen LogP) is 3.31. The third-order valence-electron chi connectivity index (χ3n) is 4.81. The van der Waals surface area contributed by atoms with Crippen LogP contribution in [0.2, 0.25) is 0 Å². The molecule has 1 N–H and O–H groups in total. The SMILES string of the molecule is CCCN1CCC(CNC(=NC)N(C)CCOc2ccccc2)CC1.I. The summed E-state index contributed by atoms with van der Waals surface area (Å²) in [5, 5.41) is 3.54. The molecular weight excluding hydrogens is 439 g/mol. The Bertz CT molecular complexity index is 504. The van der Waals surface area contributed by atoms with Gasteiger partial charge in [0.2, 0.25) is 0 Å². The van der Waals surface area contributed by atoms with Gasteiger partial charge in [0, 0.05) is 20.6 Å². The van der Waals surface area contributed by atoms with E-state index in [0.29, 0.717) is 6.61 Å². The van der Waals surface area contributed by atoms with Gasteiger partial charge in [0.25, 0.3) is 0 Å². The van der Waals surface area contributed by atoms with Crippen LogP contribution in [0, 0.1) is 5.92 Å². The fourth-order valence-corrected chi connectivity index (χ4v) is 3.27. The molecular formula is C20H35IN4O. The number of guanidine groups is 1. The highest BCUT2D eigenvalue weighted by Gasteiger charge is 2.19. The first-order valence-corrected chi connectivity index (χ1v) is 9.55. The van der Waals surface area contributed by atoms with Crippen LogP contribution in [-0.2, 0) is 0 Å². The minimum Gasteiger partial charge on any atom is -0.492 e. The summed E-state index contributed by atoms with van der Waals surface area (Å²) in [5.41, 5.74) is 0. The lowest BCUT2D eigenvalue weighted by Crippen LogP contribution is -2.44. The second kappa shape index (κ2) is 13.2. The molecule has 0 amide bonds. The van der Waals surface area contributed by atoms with Crippen molar-refractivity contribution >= 4 is 29.9 Å². The number of halogens is 1. The van der Waals surface area contributed by atoms with Gasteiger partial charge in [-0.15, -0.1) is 24.0 Å². The van der Waals surface area contributed by atoms with Gasteiger partial charge in [0.15, 0.2) is 5.96 Å². The number of ether oxygens (including phenoxy) is 1. The fraction of sp³-hybridized carbons (Fsp3) is 0.650. The van der Waals surface area contributed by atoms with Crippen molar-refractivity contribution in [3.05, 3.63) is 30.3 Å². The van der Waals surface area contributed by atoms with Gasteiger partial charge < -0.3 is 19.9 Å². The molecule has 0 saturated carbocycles. The number of hydrogen-bond acceptors (Lipinski definition) is 3. The molecule has 1 saturated heterocycles. The van der Waals surface area contributed by atoms with Crippen molar-refractivity contribution < 1.29 is 4.74 Å². The lowest BCUT2D eigenvalue weighted by Gasteiger charge is -2.32. The lowest BCUT2D eigenvalue weighted by atomic mass is 9.97. The van der Waals surface area contributed by atoms with Gasteiger partial charge in [0.05, 0.1) is 6.54 Å². The van der Waals surface area contributed by atoms with E-state index in [4.69, 9.17) is 4.74 Å². The summed E-state index contributed by atoms with van der Waals surface area (Å²) in [6.45, 7) is 8.44. The molecule has 0 aromatic heterocycles. The quantitative estimate of drug-likeness (QED) is 0.357. The summed E-state index contributed by atoms with van der Waals surface area (Å²) in [6, 6.07) is 9.95. The van der Waals surface area contributed by atoms with Crippen molar-refractivity contribution in [2.45, 2.75) is 26.2 Å². The first-order chi connectivity index (χ1) is 12.2. The van der Waals surface area contributed by atoms with E-state index >= 15 is 0 Å². The van der Waals surface area contributed by atoms with Crippen molar-refractivity contribution in [2.24, 2.45) is 10.9 Å². The Morgan fingerprint density at radius 2 is 1.96 bits per heavy atom. The number of aliphatic imine (C=N–C) groups is 1. The molecule has 1 aromatic rings. The first-order valence-electron chi connectivity index (χ1n) is 9.55. The third kappa shape index (κ3) is 8.12. The van der Waals surface area contributed by atoms with E-state index in [1.54, 1.807) is 0 Å². The Hall–Kier alpha value is -1.02. The van der Waals surface area contributed by atoms with E-state index in [1.807, 2.05) is 37.4 Å². The van der Waals surface area contributed by atoms with Crippen molar-refractivity contribution in [3.8, 4) is 5.75 Å². The van der Waals surface area contributed by atoms with Crippen molar-refractivity contribution in [1.82, 2.24) is 15.1 Å². The van der Waals surface area contributed by atoms with Gasteiger partial charge in [-0.05, 0) is 56.9 Å². The highest BCUT2D eigenvalue weighted by Crippen LogP contribution is 2.16. The van der Waals surface area contributed by atoms with E-state index in [9.17, 15) is 0 Å². The van der Waals surface area contributed by atoms with E-state index < -0.39 is 0 Å². The molecule has 1 heterocycles. The fourth-order valence-electron chi connectivity index (χ4n) is 3.27. The first kappa shape index (κ1) is 23.0. The molecule has 148 valence electrons. The van der Waals surface area contributed by atoms with Crippen LogP contribution in [0.4, 0.5) is 0 Å². The second-order valence-electron chi connectivity index (χ2n) is 6.80. The molecule has 1 fully saturated rings. The van der Waals surface area contributed by atoms with Crippen LogP contribution < -0.4 is 10.1 Å². The molecule has 0 bridgehead atoms. The van der Waals surface area contributed by atoms with Gasteiger partial charge in [-0.3, -0.25) is 4.99 Å². The number of hydrogen-bond donors (Lipinski definition) is 1. The van der Waals surface area contributed by atoms with Crippen LogP contribution in [0.25, 0.3) is 0 Å². The van der Waals surface area contributed by atoms with Crippen LogP contribution in [0.15, 0.2) is 35.3 Å². The summed E-state index contributed by atoms with van der Waals surface area (Å²) in [7, 11) is 3.91. The van der Waals surface area contributed by atoms with Crippen LogP contribution in [0.3, 0.4) is 0 Å². The van der Waals surface area contributed by atoms with Crippen LogP contribution in [0.1, 0.15) is 26.2 Å². The molecule has 1 aliphatic heterocycles. The molecule has 0 spiro atoms. The monoisotopic (exact) mass is 474 g/mol. The van der Waals surface area contributed by atoms with E-state index in [-0.39, 0.29) is 24.0 Å². The minimum atomic E-state index is 0. The molecule has 26 heavy (non-hydrogen) atoms. The third-order valence-corrected chi connectivity index (χ3v) is 4.81. The number of benzene rings is 1. The standard InChI is InChI=1S/C20H34N4O.HI/c1-4-12-24-13-10-18(11-14-24)17-22-20(21-2)23(3)15-16-25-19-8-6-5-7-9-19;/h5-9,18H,4,10-17H2,1-3H3,(H,21,22);1H. The zero-order chi connectivity index (χ0) is 17.9. The summed E-state index contributed by atoms with van der Waals surface area (Å²) in [5.74, 6) is 2.61. The van der Waals surface area contributed by atoms with Gasteiger partial charge in [-0.25, -0.2) is 0 Å². The molecule has 6 heteroatoms. The second-order valence-corrected chi connectivity index (χ2v) is 6.80. The summed E-state index contributed by atoms with van der Waals surface area (Å²) < 4.78 is 5.77. The Kier molecular flexibility index (Phi) is 11.7. The number of piperidine rings is 1. The number of nitrogens with one attached hydrogen (secondary N) is 1. The normalized spacial score (nSPS) is 16.0. The number of nitrogens with zero attached hydrogens (tertiary/aromatic N) is 3. The Balaban J connectivity index is 0.00000338. The molecule has 0 radical (unpaired) electrons. The van der Waals surface area contributed by atoms with Gasteiger partial charge >= 0.3 is 0 Å². The van der Waals surface area contributed by atoms with Crippen molar-refractivity contribution in [2.75, 3.05) is 53.4 Å². The summed E-state index contributed by atoms with van der Waals surface area (Å²) in [6.07, 6.45) is 3.82. The highest BCUT2D eigenvalue weighted by molar-refractivity contribution is 14.0.